The fraction of sp³-hybridized carbons (Fsp3) is 0.281. The van der Waals surface area contributed by atoms with E-state index in [0.29, 0.717) is 16.7 Å². The molecule has 0 bridgehead atoms. The molecular weight excluding hydrogens is 538 g/mol. The highest BCUT2D eigenvalue weighted by atomic mass is 16.7. The van der Waals surface area contributed by atoms with E-state index in [9.17, 15) is 19.8 Å². The average Bonchev–Trinajstić information content (AvgIpc) is 3.41. The molecule has 5 rings (SSSR count). The molecular formula is C32H33N3O7. The summed E-state index contributed by atoms with van der Waals surface area (Å²) >= 11 is 0. The maximum absolute atomic E-state index is 14.7. The zero-order valence-corrected chi connectivity index (χ0v) is 23.2. The third-order valence-electron chi connectivity index (χ3n) is 7.89. The minimum Gasteiger partial charge on any atom is -0.390 e. The zero-order chi connectivity index (χ0) is 29.9. The number of rotatable bonds is 10. The highest BCUT2D eigenvalue weighted by Gasteiger charge is 2.63. The van der Waals surface area contributed by atoms with Crippen molar-refractivity contribution < 1.29 is 29.2 Å². The van der Waals surface area contributed by atoms with Gasteiger partial charge in [0.1, 0.15) is 29.7 Å². The molecule has 218 valence electrons. The van der Waals surface area contributed by atoms with E-state index in [-0.39, 0.29) is 12.2 Å². The Morgan fingerprint density at radius 3 is 1.83 bits per heavy atom. The number of hydrogen-bond acceptors (Lipinski definition) is 9. The van der Waals surface area contributed by atoms with Crippen molar-refractivity contribution in [3.05, 3.63) is 130 Å². The van der Waals surface area contributed by atoms with Crippen molar-refractivity contribution in [1.82, 2.24) is 9.55 Å². The highest BCUT2D eigenvalue weighted by Crippen LogP contribution is 2.51. The third-order valence-corrected chi connectivity index (χ3v) is 7.89. The molecule has 0 aliphatic carbocycles. The van der Waals surface area contributed by atoms with Crippen molar-refractivity contribution in [3.63, 3.8) is 0 Å². The summed E-state index contributed by atoms with van der Waals surface area (Å²) in [6, 6.07) is 29.3. The van der Waals surface area contributed by atoms with Gasteiger partial charge in [0, 0.05) is 26.8 Å². The van der Waals surface area contributed by atoms with Crippen LogP contribution in [0.5, 0.6) is 0 Å². The van der Waals surface area contributed by atoms with Crippen molar-refractivity contribution in [2.24, 2.45) is 0 Å². The minimum absolute atomic E-state index is 0.0330. The highest BCUT2D eigenvalue weighted by molar-refractivity contribution is 5.94. The van der Waals surface area contributed by atoms with E-state index in [0.717, 1.165) is 4.57 Å². The van der Waals surface area contributed by atoms with Gasteiger partial charge in [0.05, 0.1) is 6.10 Å². The lowest BCUT2D eigenvalue weighted by Crippen LogP contribution is -2.65. The van der Waals surface area contributed by atoms with Gasteiger partial charge in [-0.2, -0.15) is 4.98 Å². The molecule has 0 spiro atoms. The molecule has 3 aromatic carbocycles. The number of nitrogens with zero attached hydrogens (tertiary/aromatic N) is 2. The molecule has 1 aromatic heterocycles. The van der Waals surface area contributed by atoms with Crippen molar-refractivity contribution in [2.45, 2.75) is 42.2 Å². The molecule has 4 aromatic rings. The van der Waals surface area contributed by atoms with Crippen LogP contribution in [0.4, 0.5) is 5.82 Å². The Hall–Kier alpha value is -4.19. The Kier molecular flexibility index (Phi) is 8.35. The lowest BCUT2D eigenvalue weighted by Gasteiger charge is -2.49. The molecule has 0 amide bonds. The Labute approximate surface area is 242 Å². The lowest BCUT2D eigenvalue weighted by atomic mass is 9.61. The summed E-state index contributed by atoms with van der Waals surface area (Å²) < 4.78 is 19.3. The second-order valence-corrected chi connectivity index (χ2v) is 10.1. The average molecular weight is 572 g/mol. The molecule has 10 heteroatoms. The number of carbonyl (C=O) groups is 1. The number of ketones is 1. The predicted octanol–water partition coefficient (Wildman–Crippen LogP) is 2.43. The molecule has 1 unspecified atom stereocenters. The smallest absolute Gasteiger partial charge is 0.351 e. The Morgan fingerprint density at radius 1 is 0.929 bits per heavy atom. The van der Waals surface area contributed by atoms with Crippen LogP contribution in [-0.4, -0.2) is 63.9 Å². The van der Waals surface area contributed by atoms with E-state index in [4.69, 9.17) is 19.9 Å². The number of nitrogens with two attached hydrogens (primary N) is 1. The van der Waals surface area contributed by atoms with Gasteiger partial charge in [-0.3, -0.25) is 9.36 Å². The zero-order valence-electron chi connectivity index (χ0n) is 23.2. The first-order valence-corrected chi connectivity index (χ1v) is 13.5. The third kappa shape index (κ3) is 4.73. The van der Waals surface area contributed by atoms with E-state index in [1.807, 2.05) is 91.0 Å². The number of aromatic nitrogens is 2. The molecule has 4 N–H and O–H groups in total. The van der Waals surface area contributed by atoms with Crippen LogP contribution in [0, 0.1) is 0 Å². The van der Waals surface area contributed by atoms with Crippen LogP contribution < -0.4 is 11.4 Å². The van der Waals surface area contributed by atoms with Gasteiger partial charge < -0.3 is 30.2 Å². The van der Waals surface area contributed by atoms with Crippen LogP contribution in [0.25, 0.3) is 0 Å². The van der Waals surface area contributed by atoms with Gasteiger partial charge >= 0.3 is 5.69 Å². The molecule has 0 radical (unpaired) electrons. The van der Waals surface area contributed by atoms with Crippen LogP contribution >= 0.6 is 0 Å². The topological polar surface area (TPSA) is 146 Å². The molecule has 2 heterocycles. The van der Waals surface area contributed by atoms with Crippen LogP contribution in [0.15, 0.2) is 108 Å². The molecule has 4 atom stereocenters. The number of aliphatic hydroxyl groups is 2. The summed E-state index contributed by atoms with van der Waals surface area (Å²) in [5.74, 6) is -3.00. The summed E-state index contributed by atoms with van der Waals surface area (Å²) in [5, 5.41) is 22.6. The minimum atomic E-state index is -2.16. The normalized spacial score (nSPS) is 19.9. The monoisotopic (exact) mass is 571 g/mol. The fourth-order valence-corrected chi connectivity index (χ4v) is 6.03. The number of ether oxygens (including phenoxy) is 3. The van der Waals surface area contributed by atoms with E-state index in [2.05, 4.69) is 4.98 Å². The van der Waals surface area contributed by atoms with Gasteiger partial charge in [-0.25, -0.2) is 4.79 Å². The predicted molar refractivity (Wildman–Crippen MR) is 154 cm³/mol. The summed E-state index contributed by atoms with van der Waals surface area (Å²) in [6.07, 6.45) is -4.30. The van der Waals surface area contributed by atoms with E-state index in [1.165, 1.54) is 26.5 Å². The number of anilines is 1. The van der Waals surface area contributed by atoms with Crippen LogP contribution in [-0.2, 0) is 24.4 Å². The van der Waals surface area contributed by atoms with Gasteiger partial charge in [0.25, 0.3) is 0 Å². The second kappa shape index (κ2) is 12.0. The second-order valence-electron chi connectivity index (χ2n) is 10.1. The number of methoxy groups -OCH3 is 2. The first-order chi connectivity index (χ1) is 20.3. The molecule has 10 nitrogen and oxygen atoms in total. The van der Waals surface area contributed by atoms with Gasteiger partial charge in [0.15, 0.2) is 0 Å². The summed E-state index contributed by atoms with van der Waals surface area (Å²) in [4.78, 5) is 30.8. The first kappa shape index (κ1) is 29.3. The summed E-state index contributed by atoms with van der Waals surface area (Å²) in [7, 11) is 2.68. The number of nitrogen functional groups attached to an aromatic ring is 1. The molecule has 1 saturated heterocycles. The van der Waals surface area contributed by atoms with Crippen LogP contribution in [0.2, 0.25) is 0 Å². The van der Waals surface area contributed by atoms with Crippen molar-refractivity contribution in [1.29, 1.82) is 0 Å². The Balaban J connectivity index is 1.66. The summed E-state index contributed by atoms with van der Waals surface area (Å²) in [6.45, 7) is 0. The van der Waals surface area contributed by atoms with E-state index in [1.54, 1.807) is 0 Å². The number of carbonyl (C=O) groups excluding carboxylic acids is 1. The number of aliphatic hydroxyl groups excluding tert-OH is 2. The maximum atomic E-state index is 14.7. The van der Waals surface area contributed by atoms with Gasteiger partial charge in [-0.1, -0.05) is 91.0 Å². The Bertz CT molecular complexity index is 1460. The molecule has 1 aliphatic heterocycles. The lowest BCUT2D eigenvalue weighted by molar-refractivity contribution is -0.237. The van der Waals surface area contributed by atoms with Crippen molar-refractivity contribution >= 4 is 11.6 Å². The van der Waals surface area contributed by atoms with Gasteiger partial charge in [-0.05, 0) is 22.8 Å². The quantitative estimate of drug-likeness (QED) is 0.193. The van der Waals surface area contributed by atoms with Crippen molar-refractivity contribution in [3.8, 4) is 0 Å². The molecule has 42 heavy (non-hydrogen) atoms. The van der Waals surface area contributed by atoms with Crippen molar-refractivity contribution in [2.75, 3.05) is 20.0 Å². The van der Waals surface area contributed by atoms with Crippen LogP contribution in [0.1, 0.15) is 29.3 Å². The standard InChI is InChI=1S/C32H33N3O7/c1-40-32(41-2,29(38)27(37)28-24(36)20-26(42-28)35-19-18-25(33)34-30(35)39)31(21-12-6-3-7-13-21,22-14-8-4-9-15-22)23-16-10-5-11-17-23/h3-19,24,26-28,36-37H,20H2,1-2H3,(H2,33,34,39)/t24-,26+,27?,28-/m0/s1. The maximum Gasteiger partial charge on any atom is 0.351 e. The largest absolute Gasteiger partial charge is 0.390 e. The SMILES string of the molecule is COC(OC)(C(=O)C(O)[C@H]1O[C@@H](n2ccc(N)nc2=O)C[C@@H]1O)C(c1ccccc1)(c1ccccc1)c1ccccc1. The number of hydrogen-bond donors (Lipinski definition) is 3. The van der Waals surface area contributed by atoms with Gasteiger partial charge in [-0.15, -0.1) is 0 Å². The summed E-state index contributed by atoms with van der Waals surface area (Å²) in [5.41, 5.74) is 5.48. The van der Waals surface area contributed by atoms with Crippen LogP contribution in [0.3, 0.4) is 0 Å². The molecule has 1 fully saturated rings. The first-order valence-electron chi connectivity index (χ1n) is 13.5. The molecule has 0 saturated carbocycles. The Morgan fingerprint density at radius 2 is 1.40 bits per heavy atom. The number of benzene rings is 3. The van der Waals surface area contributed by atoms with Gasteiger partial charge in [0.2, 0.25) is 11.6 Å². The van der Waals surface area contributed by atoms with E-state index < -0.39 is 47.2 Å². The molecule has 1 aliphatic rings. The number of Topliss-reactive ketones (excluding diaryl/α,β-unsaturated/α-hetero) is 1. The fourth-order valence-electron chi connectivity index (χ4n) is 6.03. The van der Waals surface area contributed by atoms with E-state index >= 15 is 0 Å².